The number of hydrogen-bond acceptors (Lipinski definition) is 1. The fraction of sp³-hybridized carbons (Fsp3) is 0.250. The van der Waals surface area contributed by atoms with Crippen LogP contribution in [0, 0.1) is 5.92 Å². The molecule has 0 aliphatic rings. The summed E-state index contributed by atoms with van der Waals surface area (Å²) < 4.78 is 2.25. The maximum Gasteiger partial charge on any atom is 0.0177 e. The first-order valence-corrected chi connectivity index (χ1v) is 7.95. The molecular weight excluding hydrogens is 366 g/mol. The van der Waals surface area contributed by atoms with Gasteiger partial charge in [0.15, 0.2) is 0 Å². The second-order valence-corrected chi connectivity index (χ2v) is 6.60. The average molecular weight is 383 g/mol. The van der Waals surface area contributed by atoms with E-state index >= 15 is 0 Å². The van der Waals surface area contributed by atoms with Crippen LogP contribution in [0.4, 0.5) is 0 Å². The third-order valence-electron chi connectivity index (χ3n) is 3.18. The first-order valence-electron chi connectivity index (χ1n) is 6.36. The minimum Gasteiger partial charge on any atom is -0.330 e. The lowest BCUT2D eigenvalue weighted by Crippen LogP contribution is -2.19. The van der Waals surface area contributed by atoms with Crippen LogP contribution < -0.4 is 5.73 Å². The minimum atomic E-state index is 0.482. The number of halogens is 2. The molecule has 0 saturated carbocycles. The Labute approximate surface area is 131 Å². The van der Waals surface area contributed by atoms with E-state index in [2.05, 4.69) is 80.4 Å². The van der Waals surface area contributed by atoms with Gasteiger partial charge in [-0.05, 0) is 60.7 Å². The molecule has 0 fully saturated rings. The van der Waals surface area contributed by atoms with Gasteiger partial charge in [0.05, 0.1) is 0 Å². The lowest BCUT2D eigenvalue weighted by Gasteiger charge is -2.15. The summed E-state index contributed by atoms with van der Waals surface area (Å²) in [5.41, 5.74) is 8.59. The van der Waals surface area contributed by atoms with Crippen LogP contribution in [0.1, 0.15) is 11.1 Å². The van der Waals surface area contributed by atoms with Crippen molar-refractivity contribution in [1.29, 1.82) is 0 Å². The Balaban J connectivity index is 2.02. The van der Waals surface area contributed by atoms with E-state index in [-0.39, 0.29) is 0 Å². The molecule has 1 atom stereocenters. The molecule has 19 heavy (non-hydrogen) atoms. The summed E-state index contributed by atoms with van der Waals surface area (Å²) in [6, 6.07) is 17.0. The molecule has 2 rings (SSSR count). The molecule has 0 radical (unpaired) electrons. The van der Waals surface area contributed by atoms with Crippen molar-refractivity contribution >= 4 is 31.9 Å². The number of hydrogen-bond donors (Lipinski definition) is 1. The largest absolute Gasteiger partial charge is 0.330 e. The van der Waals surface area contributed by atoms with Crippen LogP contribution in [0.3, 0.4) is 0 Å². The first kappa shape index (κ1) is 14.8. The van der Waals surface area contributed by atoms with Crippen molar-refractivity contribution in [3.8, 4) is 0 Å². The predicted molar refractivity (Wildman–Crippen MR) is 88.2 cm³/mol. The zero-order chi connectivity index (χ0) is 13.7. The summed E-state index contributed by atoms with van der Waals surface area (Å²) in [6.07, 6.45) is 2.04. The van der Waals surface area contributed by atoms with E-state index in [0.29, 0.717) is 12.5 Å². The van der Waals surface area contributed by atoms with Crippen LogP contribution in [-0.4, -0.2) is 6.54 Å². The SMILES string of the molecule is NCC(Cc1ccc(Br)cc1)Cc1cccc(Br)c1. The van der Waals surface area contributed by atoms with Gasteiger partial charge in [-0.25, -0.2) is 0 Å². The molecule has 3 heteroatoms. The van der Waals surface area contributed by atoms with E-state index in [1.807, 2.05) is 0 Å². The van der Waals surface area contributed by atoms with Crippen LogP contribution in [0.15, 0.2) is 57.5 Å². The fourth-order valence-corrected chi connectivity index (χ4v) is 2.90. The molecular formula is C16H17Br2N. The Morgan fingerprint density at radius 3 is 2.16 bits per heavy atom. The van der Waals surface area contributed by atoms with Gasteiger partial charge in [-0.1, -0.05) is 56.1 Å². The monoisotopic (exact) mass is 381 g/mol. The van der Waals surface area contributed by atoms with Crippen molar-refractivity contribution in [2.75, 3.05) is 6.54 Å². The lowest BCUT2D eigenvalue weighted by molar-refractivity contribution is 0.533. The normalized spacial score (nSPS) is 12.4. The molecule has 0 aliphatic heterocycles. The highest BCUT2D eigenvalue weighted by molar-refractivity contribution is 9.10. The van der Waals surface area contributed by atoms with Crippen LogP contribution in [0.2, 0.25) is 0 Å². The molecule has 2 N–H and O–H groups in total. The van der Waals surface area contributed by atoms with Crippen molar-refractivity contribution < 1.29 is 0 Å². The van der Waals surface area contributed by atoms with Gasteiger partial charge in [0.2, 0.25) is 0 Å². The van der Waals surface area contributed by atoms with E-state index in [0.717, 1.165) is 21.8 Å². The Hall–Kier alpha value is -0.640. The highest BCUT2D eigenvalue weighted by Gasteiger charge is 2.09. The third kappa shape index (κ3) is 4.75. The molecule has 0 aromatic heterocycles. The van der Waals surface area contributed by atoms with E-state index in [1.54, 1.807) is 0 Å². The predicted octanol–water partition coefficient (Wildman–Crippen LogP) is 4.57. The fourth-order valence-electron chi connectivity index (χ4n) is 2.19. The smallest absolute Gasteiger partial charge is 0.0177 e. The maximum absolute atomic E-state index is 5.92. The van der Waals surface area contributed by atoms with Crippen LogP contribution >= 0.6 is 31.9 Å². The van der Waals surface area contributed by atoms with E-state index in [4.69, 9.17) is 5.73 Å². The van der Waals surface area contributed by atoms with E-state index < -0.39 is 0 Å². The molecule has 2 aromatic rings. The van der Waals surface area contributed by atoms with Crippen molar-refractivity contribution in [3.05, 3.63) is 68.6 Å². The highest BCUT2D eigenvalue weighted by Crippen LogP contribution is 2.19. The topological polar surface area (TPSA) is 26.0 Å². The second kappa shape index (κ2) is 7.22. The van der Waals surface area contributed by atoms with Crippen molar-refractivity contribution in [2.45, 2.75) is 12.8 Å². The first-order chi connectivity index (χ1) is 9.17. The van der Waals surface area contributed by atoms with Crippen LogP contribution in [-0.2, 0) is 12.8 Å². The Bertz CT molecular complexity index is 523. The molecule has 100 valence electrons. The van der Waals surface area contributed by atoms with Gasteiger partial charge in [-0.3, -0.25) is 0 Å². The Morgan fingerprint density at radius 2 is 1.53 bits per heavy atom. The number of benzene rings is 2. The van der Waals surface area contributed by atoms with Gasteiger partial charge in [0, 0.05) is 8.95 Å². The van der Waals surface area contributed by atoms with E-state index in [9.17, 15) is 0 Å². The molecule has 0 amide bonds. The number of nitrogens with two attached hydrogens (primary N) is 1. The summed E-state index contributed by atoms with van der Waals surface area (Å²) in [5.74, 6) is 0.482. The van der Waals surface area contributed by atoms with Crippen LogP contribution in [0.5, 0.6) is 0 Å². The summed E-state index contributed by atoms with van der Waals surface area (Å²) in [6.45, 7) is 0.711. The molecule has 0 spiro atoms. The van der Waals surface area contributed by atoms with Crippen molar-refractivity contribution in [2.24, 2.45) is 11.7 Å². The van der Waals surface area contributed by atoms with Gasteiger partial charge in [-0.15, -0.1) is 0 Å². The van der Waals surface area contributed by atoms with Gasteiger partial charge in [0.1, 0.15) is 0 Å². The number of rotatable bonds is 5. The van der Waals surface area contributed by atoms with Gasteiger partial charge in [-0.2, -0.15) is 0 Å². The summed E-state index contributed by atoms with van der Waals surface area (Å²) in [7, 11) is 0. The van der Waals surface area contributed by atoms with Gasteiger partial charge < -0.3 is 5.73 Å². The Morgan fingerprint density at radius 1 is 0.842 bits per heavy atom. The van der Waals surface area contributed by atoms with Crippen molar-refractivity contribution in [1.82, 2.24) is 0 Å². The summed E-state index contributed by atoms with van der Waals surface area (Å²) >= 11 is 6.97. The zero-order valence-electron chi connectivity index (χ0n) is 10.7. The molecule has 0 aliphatic carbocycles. The summed E-state index contributed by atoms with van der Waals surface area (Å²) in [4.78, 5) is 0. The average Bonchev–Trinajstić information content (AvgIpc) is 2.40. The lowest BCUT2D eigenvalue weighted by atomic mass is 9.93. The van der Waals surface area contributed by atoms with Gasteiger partial charge in [0.25, 0.3) is 0 Å². The molecule has 1 nitrogen and oxygen atoms in total. The maximum atomic E-state index is 5.92. The quantitative estimate of drug-likeness (QED) is 0.805. The van der Waals surface area contributed by atoms with Crippen LogP contribution in [0.25, 0.3) is 0 Å². The highest BCUT2D eigenvalue weighted by atomic mass is 79.9. The molecule has 0 bridgehead atoms. The van der Waals surface area contributed by atoms with E-state index in [1.165, 1.54) is 11.1 Å². The Kier molecular flexibility index (Phi) is 5.61. The minimum absolute atomic E-state index is 0.482. The second-order valence-electron chi connectivity index (χ2n) is 4.77. The van der Waals surface area contributed by atoms with Crippen molar-refractivity contribution in [3.63, 3.8) is 0 Å². The molecule has 0 heterocycles. The van der Waals surface area contributed by atoms with Gasteiger partial charge >= 0.3 is 0 Å². The molecule has 1 unspecified atom stereocenters. The molecule has 0 saturated heterocycles. The third-order valence-corrected chi connectivity index (χ3v) is 4.21. The summed E-state index contributed by atoms with van der Waals surface area (Å²) in [5, 5.41) is 0. The molecule has 2 aromatic carbocycles. The zero-order valence-corrected chi connectivity index (χ0v) is 13.8. The standard InChI is InChI=1S/C16H17Br2N/c17-15-6-4-12(5-7-15)8-14(11-19)9-13-2-1-3-16(18)10-13/h1-7,10,14H,8-9,11,19H2.